The van der Waals surface area contributed by atoms with Gasteiger partial charge in [-0.2, -0.15) is 0 Å². The summed E-state index contributed by atoms with van der Waals surface area (Å²) in [7, 11) is 1.66. The number of methoxy groups -OCH3 is 1. The molecule has 12 bridgehead atoms. The summed E-state index contributed by atoms with van der Waals surface area (Å²) in [5.41, 5.74) is 8.01. The molecule has 0 aromatic carbocycles. The van der Waals surface area contributed by atoms with E-state index in [2.05, 4.69) is 20.1 Å². The maximum atomic E-state index is 14.1. The lowest BCUT2D eigenvalue weighted by Gasteiger charge is -2.47. The van der Waals surface area contributed by atoms with Crippen LogP contribution in [0.25, 0.3) is 0 Å². The van der Waals surface area contributed by atoms with Crippen molar-refractivity contribution in [1.82, 2.24) is 0 Å². The van der Waals surface area contributed by atoms with E-state index in [1.165, 1.54) is 0 Å². The Morgan fingerprint density at radius 3 is 2.38 bits per heavy atom. The normalized spacial score (nSPS) is 52.4. The Bertz CT molecular complexity index is 1380. The van der Waals surface area contributed by atoms with Gasteiger partial charge >= 0.3 is 0 Å². The van der Waals surface area contributed by atoms with Crippen LogP contribution in [-0.4, -0.2) is 128 Å². The van der Waals surface area contributed by atoms with Gasteiger partial charge < -0.3 is 53.5 Å². The van der Waals surface area contributed by atoms with Crippen LogP contribution in [0.3, 0.4) is 0 Å². The molecular weight excluding hydrogens is 670 g/mol. The number of fused-ring (bicyclic) bond motifs is 6. The fourth-order valence-electron chi connectivity index (χ4n) is 11.3. The molecule has 12 heteroatoms. The number of rotatable bonds is 4. The highest BCUT2D eigenvalue weighted by Crippen LogP contribution is 2.54. The molecule has 12 nitrogen and oxygen atoms in total. The molecule has 10 rings (SSSR count). The highest BCUT2D eigenvalue weighted by atomic mass is 16.8. The summed E-state index contributed by atoms with van der Waals surface area (Å²) in [4.78, 5) is 14.1. The van der Waals surface area contributed by atoms with Crippen molar-refractivity contribution in [3.8, 4) is 0 Å². The van der Waals surface area contributed by atoms with Crippen LogP contribution in [0, 0.1) is 11.8 Å². The van der Waals surface area contributed by atoms with Crippen molar-refractivity contribution in [1.29, 1.82) is 0 Å². The molecule has 10 saturated heterocycles. The summed E-state index contributed by atoms with van der Waals surface area (Å²) >= 11 is 0. The second-order valence-electron chi connectivity index (χ2n) is 17.4. The zero-order chi connectivity index (χ0) is 35.9. The van der Waals surface area contributed by atoms with Gasteiger partial charge in [0.2, 0.25) is 0 Å². The Morgan fingerprint density at radius 2 is 1.56 bits per heavy atom. The molecule has 10 fully saturated rings. The molecule has 0 radical (unpaired) electrons. The lowest BCUT2D eigenvalue weighted by atomic mass is 9.81. The van der Waals surface area contributed by atoms with Gasteiger partial charge in [-0.1, -0.05) is 20.1 Å². The van der Waals surface area contributed by atoms with Crippen LogP contribution >= 0.6 is 0 Å². The molecule has 0 saturated carbocycles. The topological polar surface area (TPSA) is 146 Å². The van der Waals surface area contributed by atoms with E-state index in [1.807, 2.05) is 0 Å². The molecule has 19 atom stereocenters. The molecule has 5 unspecified atom stereocenters. The molecule has 1 spiro atoms. The minimum Gasteiger partial charge on any atom is -0.392 e. The van der Waals surface area contributed by atoms with E-state index in [-0.39, 0.29) is 122 Å². The van der Waals surface area contributed by atoms with Crippen molar-refractivity contribution in [3.63, 3.8) is 0 Å². The minimum atomic E-state index is -0.780. The largest absolute Gasteiger partial charge is 0.392 e. The Hall–Kier alpha value is -1.29. The van der Waals surface area contributed by atoms with E-state index >= 15 is 0 Å². The van der Waals surface area contributed by atoms with Crippen LogP contribution in [0.5, 0.6) is 0 Å². The Balaban J connectivity index is 0.994. The smallest absolute Gasteiger partial charge is 0.172 e. The first-order valence-electron chi connectivity index (χ1n) is 20.2. The van der Waals surface area contributed by atoms with Gasteiger partial charge in [-0.3, -0.25) is 4.79 Å². The molecule has 290 valence electrons. The molecular formula is C40H59NO11. The SMILES string of the molecule is C=C1C[C@@H]2CC[C@@]34C[C@H]5O[C@H]6[C@@H](O3)[C@H]3OC(CC[C@@H]3O[C@H]6[C@H]5O4)CC(=O)CC3[C@@H](OC)C(C[C@H](O)CN)O[C@H]3CC3O[C@@H](CCC1O2)C[C@@H](C)C3=C. The molecule has 10 heterocycles. The highest BCUT2D eigenvalue weighted by molar-refractivity contribution is 5.79. The van der Waals surface area contributed by atoms with E-state index in [0.29, 0.717) is 25.7 Å². The average Bonchev–Trinajstić information content (AvgIpc) is 3.79. The molecule has 52 heavy (non-hydrogen) atoms. The number of aliphatic hydroxyl groups excluding tert-OH is 1. The number of nitrogens with two attached hydrogens (primary N) is 1. The van der Waals surface area contributed by atoms with E-state index in [4.69, 9.17) is 48.4 Å². The van der Waals surface area contributed by atoms with E-state index < -0.39 is 18.0 Å². The minimum absolute atomic E-state index is 0.0158. The Morgan fingerprint density at radius 1 is 0.808 bits per heavy atom. The monoisotopic (exact) mass is 729 g/mol. The van der Waals surface area contributed by atoms with E-state index in [9.17, 15) is 9.90 Å². The standard InChI is InChI=1S/C40H59NO11/c1-19-11-24-5-7-28-20(2)12-26(45-28)9-10-40-17-33-36(51-40)37-38(50-33)39(52-40)35-29(49-37)8-6-25(47-35)13-22(42)14-27-31(16-30(46-24)21(19)3)48-32(34(27)44-4)15-23(43)18-41/h19,23-39,43H,2-3,5-18,41H2,1,4H3/t19-,23+,24+,25?,26+,27?,28?,29+,30?,31+,32?,33-,34-,35+,36+,37+,38-,39+,40+/m1/s1. The second kappa shape index (κ2) is 14.3. The summed E-state index contributed by atoms with van der Waals surface area (Å²) < 4.78 is 60.0. The fraction of sp³-hybridized carbons (Fsp3) is 0.875. The zero-order valence-corrected chi connectivity index (χ0v) is 30.8. The quantitative estimate of drug-likeness (QED) is 0.409. The number of hydrogen-bond donors (Lipinski definition) is 2. The van der Waals surface area contributed by atoms with Gasteiger partial charge in [0.25, 0.3) is 0 Å². The maximum absolute atomic E-state index is 14.1. The van der Waals surface area contributed by atoms with Gasteiger partial charge in [0, 0.05) is 58.1 Å². The third kappa shape index (κ3) is 6.59. The summed E-state index contributed by atoms with van der Waals surface area (Å²) in [5, 5.41) is 10.5. The van der Waals surface area contributed by atoms with Crippen molar-refractivity contribution in [2.75, 3.05) is 13.7 Å². The first-order chi connectivity index (χ1) is 25.1. The van der Waals surface area contributed by atoms with Crippen molar-refractivity contribution >= 4 is 5.78 Å². The van der Waals surface area contributed by atoms with Gasteiger partial charge in [-0.25, -0.2) is 0 Å². The van der Waals surface area contributed by atoms with Crippen LogP contribution in [-0.2, 0) is 47.4 Å². The van der Waals surface area contributed by atoms with Crippen LogP contribution in [0.4, 0.5) is 0 Å². The molecule has 0 aromatic rings. The average molecular weight is 730 g/mol. The summed E-state index contributed by atoms with van der Waals surface area (Å²) in [5.74, 6) is -0.619. The van der Waals surface area contributed by atoms with Crippen molar-refractivity contribution in [3.05, 3.63) is 24.3 Å². The summed E-state index contributed by atoms with van der Waals surface area (Å²) in [6.45, 7) is 11.3. The Kier molecular flexibility index (Phi) is 10.0. The van der Waals surface area contributed by atoms with Crippen LogP contribution in [0.1, 0.15) is 90.4 Å². The number of carbonyl (C=O) groups excluding carboxylic acids is 1. The number of hydrogen-bond acceptors (Lipinski definition) is 12. The molecule has 10 aliphatic rings. The third-order valence-corrected chi connectivity index (χ3v) is 14.0. The summed E-state index contributed by atoms with van der Waals surface area (Å²) in [6, 6.07) is 0. The number of ether oxygens (including phenoxy) is 9. The lowest BCUT2D eigenvalue weighted by Crippen LogP contribution is -2.61. The third-order valence-electron chi connectivity index (χ3n) is 14.0. The molecule has 10 aliphatic heterocycles. The van der Waals surface area contributed by atoms with Crippen LogP contribution in [0.2, 0.25) is 0 Å². The lowest BCUT2D eigenvalue weighted by molar-refractivity contribution is -0.292. The first-order valence-corrected chi connectivity index (χ1v) is 20.2. The van der Waals surface area contributed by atoms with Gasteiger partial charge in [0.15, 0.2) is 5.79 Å². The number of aliphatic hydroxyl groups is 1. The predicted octanol–water partition coefficient (Wildman–Crippen LogP) is 3.44. The van der Waals surface area contributed by atoms with Crippen molar-refractivity contribution in [2.45, 2.75) is 194 Å². The number of ketones is 1. The highest BCUT2D eigenvalue weighted by Gasteiger charge is 2.68. The second-order valence-corrected chi connectivity index (χ2v) is 17.4. The van der Waals surface area contributed by atoms with Crippen LogP contribution in [0.15, 0.2) is 24.3 Å². The molecule has 0 amide bonds. The molecule has 3 N–H and O–H groups in total. The molecule has 0 aliphatic carbocycles. The zero-order valence-electron chi connectivity index (χ0n) is 30.8. The van der Waals surface area contributed by atoms with Crippen LogP contribution < -0.4 is 5.73 Å². The van der Waals surface area contributed by atoms with Gasteiger partial charge in [0.05, 0.1) is 67.1 Å². The van der Waals surface area contributed by atoms with Gasteiger partial charge in [-0.15, -0.1) is 0 Å². The Labute approximate surface area is 307 Å². The number of Topliss-reactive ketones (excluding diaryl/α,β-unsaturated/α-hetero) is 1. The van der Waals surface area contributed by atoms with Gasteiger partial charge in [-0.05, 0) is 62.0 Å². The molecule has 0 aromatic heterocycles. The van der Waals surface area contributed by atoms with Gasteiger partial charge in [0.1, 0.15) is 36.3 Å². The number of carbonyl (C=O) groups is 1. The van der Waals surface area contributed by atoms with Crippen molar-refractivity contribution < 1.29 is 52.5 Å². The maximum Gasteiger partial charge on any atom is 0.172 e. The van der Waals surface area contributed by atoms with E-state index in [1.54, 1.807) is 7.11 Å². The van der Waals surface area contributed by atoms with E-state index in [0.717, 1.165) is 56.1 Å². The fourth-order valence-corrected chi connectivity index (χ4v) is 11.3. The predicted molar refractivity (Wildman–Crippen MR) is 186 cm³/mol. The first kappa shape index (κ1) is 36.4. The summed E-state index contributed by atoms with van der Waals surface area (Å²) in [6.07, 6.45) is 4.85. The van der Waals surface area contributed by atoms with Crippen molar-refractivity contribution in [2.24, 2.45) is 17.6 Å².